The van der Waals surface area contributed by atoms with Crippen LogP contribution in [0.2, 0.25) is 0 Å². The number of para-hydroxylation sites is 1. The van der Waals surface area contributed by atoms with Crippen LogP contribution < -0.4 is 0 Å². The van der Waals surface area contributed by atoms with Gasteiger partial charge in [0.2, 0.25) is 5.91 Å². The van der Waals surface area contributed by atoms with Gasteiger partial charge >= 0.3 is 5.97 Å². The summed E-state index contributed by atoms with van der Waals surface area (Å²) in [6, 6.07) is 8.03. The number of nitrogens with one attached hydrogen (secondary N) is 1. The first-order chi connectivity index (χ1) is 11.6. The van der Waals surface area contributed by atoms with Gasteiger partial charge in [-0.2, -0.15) is 0 Å². The van der Waals surface area contributed by atoms with Crippen molar-refractivity contribution in [3.63, 3.8) is 0 Å². The lowest BCUT2D eigenvalue weighted by atomic mass is 9.97. The molecule has 0 bridgehead atoms. The molecule has 24 heavy (non-hydrogen) atoms. The summed E-state index contributed by atoms with van der Waals surface area (Å²) in [6.45, 7) is 5.39. The maximum absolute atomic E-state index is 12.7. The van der Waals surface area contributed by atoms with Crippen molar-refractivity contribution >= 4 is 22.8 Å². The molecule has 1 unspecified atom stereocenters. The molecule has 0 spiro atoms. The zero-order valence-electron chi connectivity index (χ0n) is 14.3. The Balaban J connectivity index is 1.72. The summed E-state index contributed by atoms with van der Waals surface area (Å²) in [5, 5.41) is 1.10. The molecule has 1 aromatic heterocycles. The number of esters is 1. The number of aryl methyl sites for hydroxylation is 1. The van der Waals surface area contributed by atoms with Crippen molar-refractivity contribution in [2.45, 2.75) is 33.1 Å². The number of nitrogens with zero attached hydrogens (tertiary/aromatic N) is 1. The maximum Gasteiger partial charge on any atom is 0.310 e. The third-order valence-corrected chi connectivity index (χ3v) is 4.75. The van der Waals surface area contributed by atoms with Crippen LogP contribution >= 0.6 is 0 Å². The molecule has 1 N–H and O–H groups in total. The van der Waals surface area contributed by atoms with E-state index in [0.29, 0.717) is 19.6 Å². The number of benzene rings is 1. The van der Waals surface area contributed by atoms with Gasteiger partial charge in [-0.3, -0.25) is 9.59 Å². The third kappa shape index (κ3) is 3.30. The fourth-order valence-corrected chi connectivity index (χ4v) is 3.48. The SMILES string of the molecule is CCOC(=O)C1CCCN(C(=O)Cc2c(C)[nH]c3ccccc23)C1. The summed E-state index contributed by atoms with van der Waals surface area (Å²) in [6.07, 6.45) is 2.02. The van der Waals surface area contributed by atoms with Crippen molar-refractivity contribution in [1.82, 2.24) is 9.88 Å². The van der Waals surface area contributed by atoms with Gasteiger partial charge in [0.25, 0.3) is 0 Å². The minimum Gasteiger partial charge on any atom is -0.466 e. The molecule has 1 aliphatic heterocycles. The predicted molar refractivity (Wildman–Crippen MR) is 92.7 cm³/mol. The highest BCUT2D eigenvalue weighted by Crippen LogP contribution is 2.24. The van der Waals surface area contributed by atoms with Crippen LogP contribution in [0.25, 0.3) is 10.9 Å². The first-order valence-electron chi connectivity index (χ1n) is 8.60. The molecule has 2 heterocycles. The van der Waals surface area contributed by atoms with E-state index in [0.717, 1.165) is 41.5 Å². The lowest BCUT2D eigenvalue weighted by Crippen LogP contribution is -2.43. The molecule has 5 nitrogen and oxygen atoms in total. The molecule has 128 valence electrons. The van der Waals surface area contributed by atoms with E-state index in [-0.39, 0.29) is 17.8 Å². The van der Waals surface area contributed by atoms with Gasteiger partial charge in [-0.1, -0.05) is 18.2 Å². The van der Waals surface area contributed by atoms with E-state index < -0.39 is 0 Å². The number of ether oxygens (including phenoxy) is 1. The van der Waals surface area contributed by atoms with E-state index in [9.17, 15) is 9.59 Å². The Kier molecular flexibility index (Phi) is 4.88. The van der Waals surface area contributed by atoms with Gasteiger partial charge in [0.15, 0.2) is 0 Å². The molecule has 5 heteroatoms. The quantitative estimate of drug-likeness (QED) is 0.878. The van der Waals surface area contributed by atoms with Crippen LogP contribution in [0.1, 0.15) is 31.0 Å². The number of likely N-dealkylation sites (tertiary alicyclic amines) is 1. The topological polar surface area (TPSA) is 62.4 Å². The Labute approximate surface area is 142 Å². The molecular weight excluding hydrogens is 304 g/mol. The molecule has 2 aromatic rings. The molecular formula is C19H24N2O3. The summed E-state index contributed by atoms with van der Waals surface area (Å²) in [5.41, 5.74) is 3.14. The number of rotatable bonds is 4. The highest BCUT2D eigenvalue weighted by molar-refractivity contribution is 5.90. The number of H-pyrrole nitrogens is 1. The van der Waals surface area contributed by atoms with Gasteiger partial charge in [-0.05, 0) is 38.3 Å². The fourth-order valence-electron chi connectivity index (χ4n) is 3.48. The molecule has 0 aliphatic carbocycles. The van der Waals surface area contributed by atoms with E-state index in [2.05, 4.69) is 4.98 Å². The molecule has 0 radical (unpaired) electrons. The number of carbonyl (C=O) groups excluding carboxylic acids is 2. The van der Waals surface area contributed by atoms with Crippen LogP contribution in [0.3, 0.4) is 0 Å². The molecule has 1 aliphatic rings. The summed E-state index contributed by atoms with van der Waals surface area (Å²) < 4.78 is 5.11. The Morgan fingerprint density at radius 1 is 1.33 bits per heavy atom. The monoisotopic (exact) mass is 328 g/mol. The van der Waals surface area contributed by atoms with Gasteiger partial charge in [-0.25, -0.2) is 0 Å². The van der Waals surface area contributed by atoms with Crippen molar-refractivity contribution < 1.29 is 14.3 Å². The van der Waals surface area contributed by atoms with Crippen LogP contribution in [-0.2, 0) is 20.7 Å². The molecule has 1 atom stereocenters. The highest BCUT2D eigenvalue weighted by Gasteiger charge is 2.29. The van der Waals surface area contributed by atoms with Gasteiger partial charge in [0, 0.05) is 29.7 Å². The predicted octanol–water partition coefficient (Wildman–Crippen LogP) is 2.82. The molecule has 1 amide bonds. The Morgan fingerprint density at radius 2 is 2.12 bits per heavy atom. The average Bonchev–Trinajstić information content (AvgIpc) is 2.91. The number of piperidine rings is 1. The Bertz CT molecular complexity index is 750. The molecule has 3 rings (SSSR count). The van der Waals surface area contributed by atoms with E-state index in [4.69, 9.17) is 4.74 Å². The second-order valence-corrected chi connectivity index (χ2v) is 6.38. The lowest BCUT2D eigenvalue weighted by Gasteiger charge is -2.31. The molecule has 1 saturated heterocycles. The van der Waals surface area contributed by atoms with E-state index in [1.807, 2.05) is 43.0 Å². The van der Waals surface area contributed by atoms with Crippen LogP contribution in [0, 0.1) is 12.8 Å². The van der Waals surface area contributed by atoms with Gasteiger partial charge in [0.1, 0.15) is 0 Å². The third-order valence-electron chi connectivity index (χ3n) is 4.75. The number of aromatic nitrogens is 1. The second kappa shape index (κ2) is 7.07. The minimum absolute atomic E-state index is 0.0804. The summed E-state index contributed by atoms with van der Waals surface area (Å²) in [7, 11) is 0. The van der Waals surface area contributed by atoms with Crippen LogP contribution in [0.5, 0.6) is 0 Å². The molecule has 1 aromatic carbocycles. The van der Waals surface area contributed by atoms with Crippen molar-refractivity contribution in [3.05, 3.63) is 35.5 Å². The van der Waals surface area contributed by atoms with Crippen LogP contribution in [-0.4, -0.2) is 41.5 Å². The van der Waals surface area contributed by atoms with Crippen molar-refractivity contribution in [2.24, 2.45) is 5.92 Å². The van der Waals surface area contributed by atoms with E-state index in [1.165, 1.54) is 0 Å². The van der Waals surface area contributed by atoms with Crippen LogP contribution in [0.4, 0.5) is 0 Å². The number of hydrogen-bond donors (Lipinski definition) is 1. The van der Waals surface area contributed by atoms with Gasteiger partial charge in [0.05, 0.1) is 18.9 Å². The van der Waals surface area contributed by atoms with Gasteiger partial charge < -0.3 is 14.6 Å². The number of hydrogen-bond acceptors (Lipinski definition) is 3. The van der Waals surface area contributed by atoms with Crippen molar-refractivity contribution in [3.8, 4) is 0 Å². The Morgan fingerprint density at radius 3 is 2.92 bits per heavy atom. The zero-order chi connectivity index (χ0) is 17.1. The summed E-state index contributed by atoms with van der Waals surface area (Å²) in [4.78, 5) is 29.8. The largest absolute Gasteiger partial charge is 0.466 e. The fraction of sp³-hybridized carbons (Fsp3) is 0.474. The maximum atomic E-state index is 12.7. The smallest absolute Gasteiger partial charge is 0.310 e. The number of fused-ring (bicyclic) bond motifs is 1. The lowest BCUT2D eigenvalue weighted by molar-refractivity contribution is -0.151. The standard InChI is InChI=1S/C19H24N2O3/c1-3-24-19(23)14-7-6-10-21(12-14)18(22)11-16-13(2)20-17-9-5-4-8-15(16)17/h4-5,8-9,14,20H,3,6-7,10-12H2,1-2H3. The summed E-state index contributed by atoms with van der Waals surface area (Å²) in [5.74, 6) is -0.290. The van der Waals surface area contributed by atoms with Crippen molar-refractivity contribution in [1.29, 1.82) is 0 Å². The highest BCUT2D eigenvalue weighted by atomic mass is 16.5. The first-order valence-corrected chi connectivity index (χ1v) is 8.60. The molecule has 0 saturated carbocycles. The average molecular weight is 328 g/mol. The normalized spacial score (nSPS) is 17.9. The van der Waals surface area contributed by atoms with Crippen LogP contribution in [0.15, 0.2) is 24.3 Å². The second-order valence-electron chi connectivity index (χ2n) is 6.38. The molecule has 1 fully saturated rings. The minimum atomic E-state index is -0.188. The van der Waals surface area contributed by atoms with E-state index in [1.54, 1.807) is 0 Å². The number of carbonyl (C=O) groups is 2. The van der Waals surface area contributed by atoms with E-state index >= 15 is 0 Å². The Hall–Kier alpha value is -2.30. The summed E-state index contributed by atoms with van der Waals surface area (Å²) >= 11 is 0. The van der Waals surface area contributed by atoms with Gasteiger partial charge in [-0.15, -0.1) is 0 Å². The zero-order valence-corrected chi connectivity index (χ0v) is 14.3. The first kappa shape index (κ1) is 16.6. The number of amides is 1. The number of aromatic amines is 1. The van der Waals surface area contributed by atoms with Crippen molar-refractivity contribution in [2.75, 3.05) is 19.7 Å².